The third-order valence-corrected chi connectivity index (χ3v) is 2.87. The molecular formula is C17H33N3O5. The monoisotopic (exact) mass is 359 g/mol. The molecule has 4 N–H and O–H groups in total. The van der Waals surface area contributed by atoms with Crippen LogP contribution in [0.15, 0.2) is 0 Å². The van der Waals surface area contributed by atoms with Crippen molar-refractivity contribution in [3.05, 3.63) is 0 Å². The zero-order chi connectivity index (χ0) is 20.0. The number of alkyl carbamates (subject to hydrolysis) is 1. The minimum Gasteiger partial charge on any atom is -0.458 e. The summed E-state index contributed by atoms with van der Waals surface area (Å²) in [6.07, 6.45) is -0.753. The van der Waals surface area contributed by atoms with E-state index in [1.54, 1.807) is 55.4 Å². The lowest BCUT2D eigenvalue weighted by Gasteiger charge is -2.28. The Morgan fingerprint density at radius 2 is 1.40 bits per heavy atom. The predicted molar refractivity (Wildman–Crippen MR) is 94.8 cm³/mol. The number of hydrogen-bond donors (Lipinski definition) is 3. The maximum absolute atomic E-state index is 12.4. The van der Waals surface area contributed by atoms with E-state index in [1.165, 1.54) is 0 Å². The lowest BCUT2D eigenvalue weighted by atomic mass is 10.0. The fourth-order valence-electron chi connectivity index (χ4n) is 1.80. The first-order valence-electron chi connectivity index (χ1n) is 8.39. The maximum Gasteiger partial charge on any atom is 0.408 e. The molecule has 2 atom stereocenters. The van der Waals surface area contributed by atoms with Gasteiger partial charge in [0.15, 0.2) is 0 Å². The average Bonchev–Trinajstić information content (AvgIpc) is 2.37. The van der Waals surface area contributed by atoms with Gasteiger partial charge in [-0.25, -0.2) is 9.59 Å². The van der Waals surface area contributed by atoms with Crippen molar-refractivity contribution in [1.82, 2.24) is 10.6 Å². The summed E-state index contributed by atoms with van der Waals surface area (Å²) >= 11 is 0. The molecule has 0 aromatic rings. The van der Waals surface area contributed by atoms with Gasteiger partial charge in [0.25, 0.3) is 0 Å². The number of carbonyl (C=O) groups is 3. The molecule has 0 fully saturated rings. The molecule has 0 saturated heterocycles. The lowest BCUT2D eigenvalue weighted by Crippen LogP contribution is -2.56. The highest BCUT2D eigenvalue weighted by atomic mass is 16.6. The number of rotatable bonds is 6. The second-order valence-electron chi connectivity index (χ2n) is 8.20. The van der Waals surface area contributed by atoms with Crippen molar-refractivity contribution in [3.8, 4) is 0 Å². The van der Waals surface area contributed by atoms with Crippen molar-refractivity contribution < 1.29 is 23.9 Å². The van der Waals surface area contributed by atoms with Gasteiger partial charge in [0, 0.05) is 6.54 Å². The van der Waals surface area contributed by atoms with Gasteiger partial charge in [-0.3, -0.25) is 4.79 Å². The van der Waals surface area contributed by atoms with E-state index >= 15 is 0 Å². The Bertz CT molecular complexity index is 478. The summed E-state index contributed by atoms with van der Waals surface area (Å²) in [5.41, 5.74) is 4.20. The largest absolute Gasteiger partial charge is 0.458 e. The number of hydrogen-bond acceptors (Lipinski definition) is 6. The Labute approximate surface area is 150 Å². The molecule has 0 aliphatic rings. The van der Waals surface area contributed by atoms with Crippen LogP contribution in [0.2, 0.25) is 0 Å². The Kier molecular flexibility index (Phi) is 8.37. The van der Waals surface area contributed by atoms with Crippen molar-refractivity contribution in [1.29, 1.82) is 0 Å². The first-order chi connectivity index (χ1) is 11.2. The molecule has 8 nitrogen and oxygen atoms in total. The predicted octanol–water partition coefficient (Wildman–Crippen LogP) is 1.32. The van der Waals surface area contributed by atoms with E-state index in [4.69, 9.17) is 15.2 Å². The lowest BCUT2D eigenvalue weighted by molar-refractivity contribution is -0.160. The first kappa shape index (κ1) is 23.2. The molecule has 25 heavy (non-hydrogen) atoms. The molecule has 0 aromatic carbocycles. The highest BCUT2D eigenvalue weighted by Crippen LogP contribution is 2.12. The number of carbonyl (C=O) groups excluding carboxylic acids is 3. The van der Waals surface area contributed by atoms with Crippen molar-refractivity contribution in [2.75, 3.05) is 6.54 Å². The van der Waals surface area contributed by atoms with Gasteiger partial charge in [-0.05, 0) is 47.5 Å². The molecule has 2 amide bonds. The molecule has 0 unspecified atom stereocenters. The van der Waals surface area contributed by atoms with Crippen LogP contribution in [-0.4, -0.2) is 47.8 Å². The van der Waals surface area contributed by atoms with Crippen molar-refractivity contribution in [2.24, 2.45) is 11.7 Å². The second kappa shape index (κ2) is 9.03. The van der Waals surface area contributed by atoms with Gasteiger partial charge in [0.1, 0.15) is 23.3 Å². The van der Waals surface area contributed by atoms with Crippen LogP contribution in [0.4, 0.5) is 4.79 Å². The summed E-state index contributed by atoms with van der Waals surface area (Å²) in [5, 5.41) is 5.00. The summed E-state index contributed by atoms with van der Waals surface area (Å²) in [4.78, 5) is 36.5. The smallest absolute Gasteiger partial charge is 0.408 e. The number of amides is 2. The molecule has 0 aromatic heterocycles. The molecule has 0 radical (unpaired) electrons. The summed E-state index contributed by atoms with van der Waals surface area (Å²) < 4.78 is 10.4. The molecule has 0 saturated carbocycles. The van der Waals surface area contributed by atoms with Crippen LogP contribution in [0.5, 0.6) is 0 Å². The molecule has 0 rings (SSSR count). The molecule has 0 aliphatic heterocycles. The average molecular weight is 359 g/mol. The zero-order valence-corrected chi connectivity index (χ0v) is 16.6. The third-order valence-electron chi connectivity index (χ3n) is 2.87. The molecular weight excluding hydrogens is 326 g/mol. The molecule has 0 bridgehead atoms. The first-order valence-corrected chi connectivity index (χ1v) is 8.39. The fraction of sp³-hybridized carbons (Fsp3) is 0.824. The molecule has 0 aliphatic carbocycles. The maximum atomic E-state index is 12.4. The van der Waals surface area contributed by atoms with Crippen LogP contribution >= 0.6 is 0 Å². The van der Waals surface area contributed by atoms with Gasteiger partial charge in [-0.1, -0.05) is 13.8 Å². The van der Waals surface area contributed by atoms with Gasteiger partial charge >= 0.3 is 12.1 Å². The molecule has 8 heteroatoms. The van der Waals surface area contributed by atoms with E-state index in [1.807, 2.05) is 0 Å². The highest BCUT2D eigenvalue weighted by molar-refractivity contribution is 5.90. The van der Waals surface area contributed by atoms with E-state index in [0.717, 1.165) is 0 Å². The standard InChI is InChI=1S/C17H33N3O5/c1-10(2)12(14(22)24-16(3,4)5)20-13(21)11(9-18)19-15(23)25-17(6,7)8/h10-12H,9,18H2,1-8H3,(H,19,23)(H,20,21)/t11-,12-/m0/s1. The zero-order valence-electron chi connectivity index (χ0n) is 16.6. The van der Waals surface area contributed by atoms with Gasteiger partial charge in [-0.15, -0.1) is 0 Å². The normalized spacial score (nSPS) is 14.5. The number of esters is 1. The Balaban J connectivity index is 4.96. The topological polar surface area (TPSA) is 120 Å². The Hall–Kier alpha value is -1.83. The summed E-state index contributed by atoms with van der Waals surface area (Å²) in [6, 6.07) is -1.86. The summed E-state index contributed by atoms with van der Waals surface area (Å²) in [6.45, 7) is 13.8. The van der Waals surface area contributed by atoms with E-state index < -0.39 is 41.3 Å². The third kappa shape index (κ3) is 9.91. The van der Waals surface area contributed by atoms with E-state index in [9.17, 15) is 14.4 Å². The van der Waals surface area contributed by atoms with Crippen LogP contribution in [0, 0.1) is 5.92 Å². The van der Waals surface area contributed by atoms with Crippen LogP contribution in [0.3, 0.4) is 0 Å². The van der Waals surface area contributed by atoms with Crippen LogP contribution in [-0.2, 0) is 19.1 Å². The van der Waals surface area contributed by atoms with Crippen molar-refractivity contribution >= 4 is 18.0 Å². The Morgan fingerprint density at radius 1 is 0.920 bits per heavy atom. The molecule has 0 spiro atoms. The van der Waals surface area contributed by atoms with Crippen LogP contribution < -0.4 is 16.4 Å². The minimum atomic E-state index is -1.02. The SMILES string of the molecule is CC(C)[C@H](NC(=O)[C@H](CN)NC(=O)OC(C)(C)C)C(=O)OC(C)(C)C. The highest BCUT2D eigenvalue weighted by Gasteiger charge is 2.32. The summed E-state index contributed by atoms with van der Waals surface area (Å²) in [5.74, 6) is -1.31. The van der Waals surface area contributed by atoms with Gasteiger partial charge < -0.3 is 25.8 Å². The number of ether oxygens (including phenoxy) is 2. The number of nitrogens with two attached hydrogens (primary N) is 1. The van der Waals surface area contributed by atoms with Crippen LogP contribution in [0.1, 0.15) is 55.4 Å². The second-order valence-corrected chi connectivity index (χ2v) is 8.20. The van der Waals surface area contributed by atoms with Gasteiger partial charge in [0.05, 0.1) is 0 Å². The quantitative estimate of drug-likeness (QED) is 0.615. The van der Waals surface area contributed by atoms with Crippen molar-refractivity contribution in [3.63, 3.8) is 0 Å². The molecule has 0 heterocycles. The van der Waals surface area contributed by atoms with E-state index in [0.29, 0.717) is 0 Å². The van der Waals surface area contributed by atoms with E-state index in [2.05, 4.69) is 10.6 Å². The van der Waals surface area contributed by atoms with E-state index in [-0.39, 0.29) is 12.5 Å². The van der Waals surface area contributed by atoms with Crippen LogP contribution in [0.25, 0.3) is 0 Å². The minimum absolute atomic E-state index is 0.135. The summed E-state index contributed by atoms with van der Waals surface area (Å²) in [7, 11) is 0. The van der Waals surface area contributed by atoms with Gasteiger partial charge in [0.2, 0.25) is 5.91 Å². The Morgan fingerprint density at radius 3 is 1.76 bits per heavy atom. The fourth-order valence-corrected chi connectivity index (χ4v) is 1.80. The van der Waals surface area contributed by atoms with Gasteiger partial charge in [-0.2, -0.15) is 0 Å². The van der Waals surface area contributed by atoms with Crippen molar-refractivity contribution in [2.45, 2.75) is 78.7 Å². The molecule has 146 valence electrons. The number of nitrogens with one attached hydrogen (secondary N) is 2.